The summed E-state index contributed by atoms with van der Waals surface area (Å²) in [5.74, 6) is 0. The Morgan fingerprint density at radius 3 is 2.59 bits per heavy atom. The molecule has 0 aliphatic carbocycles. The van der Waals surface area contributed by atoms with Crippen molar-refractivity contribution in [2.45, 2.75) is 32.6 Å². The molecular weight excluding hydrogens is 296 g/mol. The molecule has 0 atom stereocenters. The molecule has 0 nitrogen and oxygen atoms in total. The van der Waals surface area contributed by atoms with E-state index in [9.17, 15) is 0 Å². The minimum Gasteiger partial charge on any atom is -0.0888 e. The first kappa shape index (κ1) is 14.5. The molecule has 0 aliphatic rings. The van der Waals surface area contributed by atoms with Gasteiger partial charge in [-0.1, -0.05) is 76.9 Å². The second kappa shape index (κ2) is 8.54. The third kappa shape index (κ3) is 5.56. The Labute approximate surface area is 118 Å². The van der Waals surface area contributed by atoms with Gasteiger partial charge in [-0.25, -0.2) is 0 Å². The summed E-state index contributed by atoms with van der Waals surface area (Å²) in [6.07, 6.45) is 8.78. The molecule has 92 valence electrons. The van der Waals surface area contributed by atoms with Gasteiger partial charge in [0.1, 0.15) is 0 Å². The van der Waals surface area contributed by atoms with Crippen LogP contribution in [-0.4, -0.2) is 0 Å². The number of hydrogen-bond donors (Lipinski definition) is 0. The number of hydrogen-bond acceptors (Lipinski definition) is 0. The molecule has 1 rings (SSSR count). The maximum Gasteiger partial charge on any atom is 0.0579 e. The molecule has 0 amide bonds. The zero-order valence-electron chi connectivity index (χ0n) is 10.1. The fourth-order valence-corrected chi connectivity index (χ4v) is 2.24. The smallest absolute Gasteiger partial charge is 0.0579 e. The average Bonchev–Trinajstić information content (AvgIpc) is 2.38. The van der Waals surface area contributed by atoms with Crippen LogP contribution in [0.4, 0.5) is 0 Å². The topological polar surface area (TPSA) is 0 Å². The summed E-state index contributed by atoms with van der Waals surface area (Å²) >= 11 is 9.88. The molecule has 0 spiro atoms. The Balaban J connectivity index is 2.50. The molecule has 0 saturated heterocycles. The third-order valence-electron chi connectivity index (χ3n) is 2.43. The lowest BCUT2D eigenvalue weighted by Gasteiger charge is -2.03. The highest BCUT2D eigenvalue weighted by Crippen LogP contribution is 2.29. The van der Waals surface area contributed by atoms with Crippen molar-refractivity contribution in [2.24, 2.45) is 0 Å². The molecule has 2 heteroatoms. The summed E-state index contributed by atoms with van der Waals surface area (Å²) in [5.41, 5.74) is 1.07. The molecule has 0 saturated carbocycles. The molecule has 0 fully saturated rings. The maximum atomic E-state index is 6.31. The van der Waals surface area contributed by atoms with E-state index in [1.54, 1.807) is 0 Å². The number of allylic oxidation sites excluding steroid dienone is 3. The van der Waals surface area contributed by atoms with Crippen molar-refractivity contribution in [3.63, 3.8) is 0 Å². The fourth-order valence-electron chi connectivity index (χ4n) is 1.51. The lowest BCUT2D eigenvalue weighted by atomic mass is 10.1. The number of unbranched alkanes of at least 4 members (excludes halogenated alkanes) is 1. The second-order valence-corrected chi connectivity index (χ2v) is 5.19. The van der Waals surface area contributed by atoms with Gasteiger partial charge in [0.15, 0.2) is 0 Å². The van der Waals surface area contributed by atoms with Crippen LogP contribution in [0.3, 0.4) is 0 Å². The quantitative estimate of drug-likeness (QED) is 0.438. The Morgan fingerprint density at radius 2 is 1.94 bits per heavy atom. The normalized spacial score (nSPS) is 12.9. The van der Waals surface area contributed by atoms with Gasteiger partial charge in [0, 0.05) is 4.48 Å². The van der Waals surface area contributed by atoms with Crippen molar-refractivity contribution in [2.75, 3.05) is 0 Å². The van der Waals surface area contributed by atoms with Crippen LogP contribution in [0.15, 0.2) is 47.0 Å². The summed E-state index contributed by atoms with van der Waals surface area (Å²) in [5, 5.41) is 0.824. The van der Waals surface area contributed by atoms with Gasteiger partial charge in [-0.2, -0.15) is 0 Å². The van der Waals surface area contributed by atoms with Gasteiger partial charge in [0.2, 0.25) is 0 Å². The van der Waals surface area contributed by atoms with Crippen LogP contribution >= 0.6 is 27.5 Å². The molecule has 1 aromatic carbocycles. The van der Waals surface area contributed by atoms with Crippen molar-refractivity contribution in [1.82, 2.24) is 0 Å². The molecule has 0 heterocycles. The first-order chi connectivity index (χ1) is 8.25. The van der Waals surface area contributed by atoms with E-state index in [4.69, 9.17) is 11.6 Å². The van der Waals surface area contributed by atoms with Crippen LogP contribution in [0.5, 0.6) is 0 Å². The molecule has 0 aromatic heterocycles. The summed E-state index contributed by atoms with van der Waals surface area (Å²) in [7, 11) is 0. The molecule has 0 unspecified atom stereocenters. The predicted molar refractivity (Wildman–Crippen MR) is 81.4 cm³/mol. The van der Waals surface area contributed by atoms with Crippen molar-refractivity contribution < 1.29 is 0 Å². The Bertz CT molecular complexity index is 379. The van der Waals surface area contributed by atoms with Gasteiger partial charge in [-0.15, -0.1) is 0 Å². The summed E-state index contributed by atoms with van der Waals surface area (Å²) in [6.45, 7) is 2.15. The van der Waals surface area contributed by atoms with Gasteiger partial charge >= 0.3 is 0 Å². The lowest BCUT2D eigenvalue weighted by Crippen LogP contribution is -1.81. The van der Waals surface area contributed by atoms with Crippen molar-refractivity contribution in [3.05, 3.63) is 52.5 Å². The number of halogens is 2. The molecule has 1 aromatic rings. The molecule has 0 aliphatic heterocycles. The summed E-state index contributed by atoms with van der Waals surface area (Å²) < 4.78 is 1.09. The summed E-state index contributed by atoms with van der Waals surface area (Å²) in [4.78, 5) is 0. The van der Waals surface area contributed by atoms with E-state index in [1.165, 1.54) is 0 Å². The molecule has 17 heavy (non-hydrogen) atoms. The van der Waals surface area contributed by atoms with Crippen LogP contribution in [0, 0.1) is 0 Å². The van der Waals surface area contributed by atoms with Gasteiger partial charge < -0.3 is 0 Å². The van der Waals surface area contributed by atoms with E-state index in [0.29, 0.717) is 0 Å². The second-order valence-electron chi connectivity index (χ2n) is 3.86. The highest BCUT2D eigenvalue weighted by Gasteiger charge is 2.03. The summed E-state index contributed by atoms with van der Waals surface area (Å²) in [6, 6.07) is 10.1. The monoisotopic (exact) mass is 312 g/mol. The van der Waals surface area contributed by atoms with E-state index >= 15 is 0 Å². The van der Waals surface area contributed by atoms with E-state index < -0.39 is 0 Å². The Kier molecular flexibility index (Phi) is 7.30. The Hall–Kier alpha value is -0.530. The van der Waals surface area contributed by atoms with Crippen molar-refractivity contribution >= 4 is 32.6 Å². The molecule has 0 radical (unpaired) electrons. The average molecular weight is 314 g/mol. The van der Waals surface area contributed by atoms with E-state index in [1.807, 2.05) is 30.3 Å². The van der Waals surface area contributed by atoms with Crippen LogP contribution in [0.25, 0.3) is 5.03 Å². The van der Waals surface area contributed by atoms with Gasteiger partial charge in [0.05, 0.1) is 5.03 Å². The Morgan fingerprint density at radius 1 is 1.24 bits per heavy atom. The van der Waals surface area contributed by atoms with E-state index in [0.717, 1.165) is 40.8 Å². The largest absolute Gasteiger partial charge is 0.0888 e. The maximum absolute atomic E-state index is 6.31. The highest BCUT2D eigenvalue weighted by atomic mass is 79.9. The van der Waals surface area contributed by atoms with Gasteiger partial charge in [-0.3, -0.25) is 0 Å². The van der Waals surface area contributed by atoms with Gasteiger partial charge in [-0.05, 0) is 31.2 Å². The molecular formula is C15H18BrCl. The van der Waals surface area contributed by atoms with E-state index in [-0.39, 0.29) is 0 Å². The van der Waals surface area contributed by atoms with Gasteiger partial charge in [0.25, 0.3) is 0 Å². The van der Waals surface area contributed by atoms with Crippen molar-refractivity contribution in [1.29, 1.82) is 0 Å². The third-order valence-corrected chi connectivity index (χ3v) is 3.90. The molecule has 0 bridgehead atoms. The number of rotatable bonds is 6. The van der Waals surface area contributed by atoms with E-state index in [2.05, 4.69) is 35.0 Å². The van der Waals surface area contributed by atoms with Crippen LogP contribution in [0.2, 0.25) is 0 Å². The minimum atomic E-state index is 0.824. The molecule has 0 N–H and O–H groups in total. The predicted octanol–water partition coefficient (Wildman–Crippen LogP) is 6.13. The first-order valence-corrected chi connectivity index (χ1v) is 7.17. The van der Waals surface area contributed by atoms with Crippen LogP contribution in [-0.2, 0) is 0 Å². The minimum absolute atomic E-state index is 0.824. The standard InChI is InChI=1S/C15H18BrCl/c1-2-3-4-5-9-12-14(16)15(17)13-10-7-6-8-11-13/h3-4,6-8,10-11H,2,5,9,12H2,1H3/b4-3+,15-14-. The lowest BCUT2D eigenvalue weighted by molar-refractivity contribution is 0.861. The van der Waals surface area contributed by atoms with Crippen LogP contribution in [0.1, 0.15) is 38.2 Å². The zero-order chi connectivity index (χ0) is 12.5. The SMILES string of the molecule is CC/C=C/CCC/C(Br)=C(/Cl)c1ccccc1. The highest BCUT2D eigenvalue weighted by molar-refractivity contribution is 9.11. The first-order valence-electron chi connectivity index (χ1n) is 6.00. The van der Waals surface area contributed by atoms with Crippen LogP contribution < -0.4 is 0 Å². The zero-order valence-corrected chi connectivity index (χ0v) is 12.5. The number of benzene rings is 1. The van der Waals surface area contributed by atoms with Crippen molar-refractivity contribution in [3.8, 4) is 0 Å². The fraction of sp³-hybridized carbons (Fsp3) is 0.333.